The van der Waals surface area contributed by atoms with Crippen molar-refractivity contribution in [1.29, 1.82) is 0 Å². The minimum atomic E-state index is -4.56. The first-order valence-corrected chi connectivity index (χ1v) is 11.4. The van der Waals surface area contributed by atoms with Crippen molar-refractivity contribution in [2.24, 2.45) is 5.92 Å². The number of hydrazine groups is 1. The molecule has 3 atom stereocenters. The van der Waals surface area contributed by atoms with Crippen molar-refractivity contribution < 1.29 is 22.4 Å². The van der Waals surface area contributed by atoms with E-state index in [0.717, 1.165) is 30.9 Å². The first-order chi connectivity index (χ1) is 16.2. The van der Waals surface area contributed by atoms with E-state index in [0.29, 0.717) is 29.5 Å². The molecule has 5 rings (SSSR count). The summed E-state index contributed by atoms with van der Waals surface area (Å²) in [4.78, 5) is 15.6. The van der Waals surface area contributed by atoms with E-state index < -0.39 is 30.2 Å². The van der Waals surface area contributed by atoms with Gasteiger partial charge in [-0.2, -0.15) is 13.2 Å². The summed E-state index contributed by atoms with van der Waals surface area (Å²) in [5.74, 6) is -0.773. The third-order valence-corrected chi connectivity index (χ3v) is 6.95. The number of alkyl halides is 3. The van der Waals surface area contributed by atoms with Crippen LogP contribution in [0.5, 0.6) is 0 Å². The fraction of sp³-hybridized carbons (Fsp3) is 0.522. The van der Waals surface area contributed by atoms with Crippen molar-refractivity contribution in [3.05, 3.63) is 53.4 Å². The van der Waals surface area contributed by atoms with Gasteiger partial charge in [0.25, 0.3) is 11.8 Å². The highest BCUT2D eigenvalue weighted by molar-refractivity contribution is 6.19. The van der Waals surface area contributed by atoms with Crippen molar-refractivity contribution in [2.45, 2.75) is 50.5 Å². The summed E-state index contributed by atoms with van der Waals surface area (Å²) >= 11 is 0. The molecule has 2 fully saturated rings. The summed E-state index contributed by atoms with van der Waals surface area (Å²) in [5, 5.41) is 12.3. The summed E-state index contributed by atoms with van der Waals surface area (Å²) in [6.45, 7) is 3.65. The lowest BCUT2D eigenvalue weighted by Gasteiger charge is -2.34. The Morgan fingerprint density at radius 1 is 1.15 bits per heavy atom. The SMILES string of the molecule is CC1=C(c2nnc(CC3CCN(C)CC3)o2)C(=O)N2NC(C(F)(F)F)C(c3ccccc3)C2N1. The molecule has 8 nitrogen and oxygen atoms in total. The Hall–Kier alpha value is -2.92. The maximum Gasteiger partial charge on any atom is 0.406 e. The molecule has 11 heteroatoms. The van der Waals surface area contributed by atoms with Gasteiger partial charge in [0.1, 0.15) is 17.8 Å². The zero-order valence-electron chi connectivity index (χ0n) is 19.0. The Labute approximate surface area is 195 Å². The molecule has 4 heterocycles. The van der Waals surface area contributed by atoms with Gasteiger partial charge in [-0.05, 0) is 51.4 Å². The van der Waals surface area contributed by atoms with Gasteiger partial charge < -0.3 is 14.6 Å². The molecule has 0 aliphatic carbocycles. The highest BCUT2D eigenvalue weighted by Gasteiger charge is 2.58. The van der Waals surface area contributed by atoms with Gasteiger partial charge in [0.15, 0.2) is 0 Å². The molecule has 3 aliphatic rings. The number of aromatic nitrogens is 2. The van der Waals surface area contributed by atoms with E-state index in [4.69, 9.17) is 4.42 Å². The Kier molecular flexibility index (Phi) is 5.85. The Bertz CT molecular complexity index is 1080. The van der Waals surface area contributed by atoms with Gasteiger partial charge in [-0.15, -0.1) is 10.2 Å². The highest BCUT2D eigenvalue weighted by Crippen LogP contribution is 2.42. The number of likely N-dealkylation sites (tertiary alicyclic amines) is 1. The normalized spacial score (nSPS) is 26.7. The number of hydrogen-bond donors (Lipinski definition) is 2. The standard InChI is InChI=1S/C23H27F3N6O2/c1-13-17(21-29-28-16(34-21)12-14-8-10-31(2)11-9-14)22(33)32-20(27-13)18(15-6-4-3-5-7-15)19(30-32)23(24,25)26/h3-7,14,18-20,27,30H,8-12H2,1-2H3. The number of nitrogens with one attached hydrogen (secondary N) is 2. The van der Waals surface area contributed by atoms with E-state index >= 15 is 0 Å². The van der Waals surface area contributed by atoms with Crippen LogP contribution in [0.25, 0.3) is 5.57 Å². The molecule has 0 radical (unpaired) electrons. The van der Waals surface area contributed by atoms with Crippen molar-refractivity contribution in [3.8, 4) is 0 Å². The van der Waals surface area contributed by atoms with Crippen LogP contribution in [0.15, 0.2) is 40.4 Å². The van der Waals surface area contributed by atoms with Gasteiger partial charge in [-0.1, -0.05) is 30.3 Å². The van der Waals surface area contributed by atoms with Crippen LogP contribution < -0.4 is 10.7 Å². The number of allylic oxidation sites excluding steroid dienone is 1. The third kappa shape index (κ3) is 4.18. The van der Waals surface area contributed by atoms with Crippen LogP contribution in [-0.2, 0) is 11.2 Å². The van der Waals surface area contributed by atoms with Gasteiger partial charge in [0, 0.05) is 12.1 Å². The molecule has 34 heavy (non-hydrogen) atoms. The van der Waals surface area contributed by atoms with E-state index in [1.54, 1.807) is 37.3 Å². The fourth-order valence-corrected chi connectivity index (χ4v) is 5.10. The number of hydrogen-bond acceptors (Lipinski definition) is 7. The number of amides is 1. The molecule has 2 aromatic rings. The van der Waals surface area contributed by atoms with Gasteiger partial charge in [0.05, 0.1) is 5.92 Å². The Morgan fingerprint density at radius 2 is 1.85 bits per heavy atom. The molecule has 3 aliphatic heterocycles. The summed E-state index contributed by atoms with van der Waals surface area (Å²) < 4.78 is 47.7. The second kappa shape index (κ2) is 8.70. The Balaban J connectivity index is 1.40. The quantitative estimate of drug-likeness (QED) is 0.702. The lowest BCUT2D eigenvalue weighted by molar-refractivity contribution is -0.161. The molecule has 1 amide bonds. The predicted octanol–water partition coefficient (Wildman–Crippen LogP) is 2.68. The highest BCUT2D eigenvalue weighted by atomic mass is 19.4. The first kappa shape index (κ1) is 22.9. The van der Waals surface area contributed by atoms with Crippen LogP contribution in [0, 0.1) is 5.92 Å². The number of carbonyl (C=O) groups is 1. The lowest BCUT2D eigenvalue weighted by atomic mass is 9.89. The molecule has 0 saturated carbocycles. The second-order valence-corrected chi connectivity index (χ2v) is 9.30. The van der Waals surface area contributed by atoms with Crippen LogP contribution in [-0.4, -0.2) is 64.5 Å². The molecular formula is C23H27F3N6O2. The number of piperidine rings is 1. The van der Waals surface area contributed by atoms with E-state index in [2.05, 4.69) is 32.9 Å². The van der Waals surface area contributed by atoms with Crippen molar-refractivity contribution in [3.63, 3.8) is 0 Å². The summed E-state index contributed by atoms with van der Waals surface area (Å²) in [6, 6.07) is 6.48. The molecule has 182 valence electrons. The molecule has 2 saturated heterocycles. The fourth-order valence-electron chi connectivity index (χ4n) is 5.10. The number of rotatable bonds is 4. The van der Waals surface area contributed by atoms with E-state index in [1.165, 1.54) is 0 Å². The van der Waals surface area contributed by atoms with E-state index in [-0.39, 0.29) is 11.5 Å². The number of nitrogens with zero attached hydrogens (tertiary/aromatic N) is 4. The van der Waals surface area contributed by atoms with Crippen LogP contribution >= 0.6 is 0 Å². The largest absolute Gasteiger partial charge is 0.420 e. The van der Waals surface area contributed by atoms with Crippen molar-refractivity contribution >= 4 is 11.5 Å². The maximum atomic E-state index is 13.9. The van der Waals surface area contributed by atoms with Gasteiger partial charge >= 0.3 is 6.18 Å². The Morgan fingerprint density at radius 3 is 2.53 bits per heavy atom. The zero-order chi connectivity index (χ0) is 24.0. The number of carbonyl (C=O) groups excluding carboxylic acids is 1. The summed E-state index contributed by atoms with van der Waals surface area (Å²) in [6.07, 6.45) is -2.80. The summed E-state index contributed by atoms with van der Waals surface area (Å²) in [7, 11) is 2.09. The molecule has 0 spiro atoms. The minimum Gasteiger partial charge on any atom is -0.420 e. The number of fused-ring (bicyclic) bond motifs is 1. The average molecular weight is 477 g/mol. The second-order valence-electron chi connectivity index (χ2n) is 9.30. The first-order valence-electron chi connectivity index (χ1n) is 11.4. The number of halogens is 3. The molecule has 3 unspecified atom stereocenters. The predicted molar refractivity (Wildman–Crippen MR) is 117 cm³/mol. The molecule has 2 N–H and O–H groups in total. The smallest absolute Gasteiger partial charge is 0.406 e. The lowest BCUT2D eigenvalue weighted by Crippen LogP contribution is -2.54. The minimum absolute atomic E-state index is 0.0184. The topological polar surface area (TPSA) is 86.5 Å². The zero-order valence-corrected chi connectivity index (χ0v) is 19.0. The number of benzene rings is 1. The van der Waals surface area contributed by atoms with Gasteiger partial charge in [-0.3, -0.25) is 4.79 Å². The van der Waals surface area contributed by atoms with Crippen LogP contribution in [0.2, 0.25) is 0 Å². The van der Waals surface area contributed by atoms with Crippen LogP contribution in [0.3, 0.4) is 0 Å². The molecule has 0 bridgehead atoms. The van der Waals surface area contributed by atoms with Gasteiger partial charge in [0.2, 0.25) is 5.89 Å². The van der Waals surface area contributed by atoms with Gasteiger partial charge in [-0.25, -0.2) is 10.4 Å². The van der Waals surface area contributed by atoms with Crippen LogP contribution in [0.4, 0.5) is 13.2 Å². The van der Waals surface area contributed by atoms with E-state index in [1.807, 2.05) is 0 Å². The third-order valence-electron chi connectivity index (χ3n) is 6.95. The molecular weight excluding hydrogens is 449 g/mol. The average Bonchev–Trinajstić information content (AvgIpc) is 3.41. The van der Waals surface area contributed by atoms with Crippen molar-refractivity contribution in [1.82, 2.24) is 30.8 Å². The maximum absolute atomic E-state index is 13.9. The van der Waals surface area contributed by atoms with Crippen LogP contribution in [0.1, 0.15) is 43.0 Å². The molecule has 1 aromatic heterocycles. The van der Waals surface area contributed by atoms with Crippen molar-refractivity contribution in [2.75, 3.05) is 20.1 Å². The summed E-state index contributed by atoms with van der Waals surface area (Å²) in [5.41, 5.74) is 3.37. The molecule has 1 aromatic carbocycles. The van der Waals surface area contributed by atoms with E-state index in [9.17, 15) is 18.0 Å². The monoisotopic (exact) mass is 476 g/mol.